The van der Waals surface area contributed by atoms with E-state index in [0.29, 0.717) is 22.0 Å². The van der Waals surface area contributed by atoms with E-state index >= 15 is 4.39 Å². The van der Waals surface area contributed by atoms with E-state index < -0.39 is 28.6 Å². The smallest absolute Gasteiger partial charge is 0.257 e. The lowest BCUT2D eigenvalue weighted by Gasteiger charge is -2.40. The number of carbonyl (C=O) groups is 2. The first-order chi connectivity index (χ1) is 20.2. The summed E-state index contributed by atoms with van der Waals surface area (Å²) in [5.74, 6) is -1.36. The molecule has 2 aromatic carbocycles. The van der Waals surface area contributed by atoms with Gasteiger partial charge >= 0.3 is 0 Å². The van der Waals surface area contributed by atoms with Crippen LogP contribution in [-0.2, 0) is 24.1 Å². The Morgan fingerprint density at radius 3 is 2.48 bits per heavy atom. The molecular formula is C31H28ClFN4O5. The van der Waals surface area contributed by atoms with Gasteiger partial charge in [-0.05, 0) is 42.7 Å². The van der Waals surface area contributed by atoms with Crippen LogP contribution < -0.4 is 4.74 Å². The molecule has 216 valence electrons. The van der Waals surface area contributed by atoms with Gasteiger partial charge < -0.3 is 14.6 Å². The molecule has 42 heavy (non-hydrogen) atoms. The van der Waals surface area contributed by atoms with Crippen LogP contribution in [0.2, 0.25) is 5.02 Å². The zero-order valence-corrected chi connectivity index (χ0v) is 23.8. The number of halogens is 2. The van der Waals surface area contributed by atoms with Gasteiger partial charge in [-0.1, -0.05) is 29.8 Å². The number of nitrogens with zero attached hydrogens (tertiary/aromatic N) is 4. The molecule has 11 heteroatoms. The second-order valence-electron chi connectivity index (χ2n) is 10.8. The number of benzene rings is 2. The fourth-order valence-corrected chi connectivity index (χ4v) is 5.49. The highest BCUT2D eigenvalue weighted by molar-refractivity contribution is 6.30. The second-order valence-corrected chi connectivity index (χ2v) is 11.2. The molecule has 1 atom stereocenters. The number of rotatable bonds is 10. The number of aryl methyl sites for hydroxylation is 1. The lowest BCUT2D eigenvalue weighted by atomic mass is 9.90. The number of ether oxygens (including phenoxy) is 2. The van der Waals surface area contributed by atoms with Gasteiger partial charge in [-0.3, -0.25) is 19.2 Å². The maximum Gasteiger partial charge on any atom is 0.257 e. The van der Waals surface area contributed by atoms with Crippen molar-refractivity contribution in [2.24, 2.45) is 12.5 Å². The number of aliphatic hydroxyl groups is 1. The number of methoxy groups -OCH3 is 1. The highest BCUT2D eigenvalue weighted by atomic mass is 35.5. The highest BCUT2D eigenvalue weighted by Crippen LogP contribution is 2.52. The van der Waals surface area contributed by atoms with Crippen LogP contribution in [0.1, 0.15) is 55.8 Å². The fourth-order valence-electron chi connectivity index (χ4n) is 5.36. The number of hydrogen-bond donors (Lipinski definition) is 1. The SMILES string of the molecule is COc1ccc(CN2C(=O)c3cc(C(=O)c4cnn(C)c4)cc(F)c3C2(OCC2(CO)CC2)c2ccc(Cl)cc2)cn1. The highest BCUT2D eigenvalue weighted by Gasteiger charge is 2.56. The van der Waals surface area contributed by atoms with Gasteiger partial charge in [0.15, 0.2) is 11.5 Å². The minimum atomic E-state index is -1.72. The maximum atomic E-state index is 16.5. The van der Waals surface area contributed by atoms with Crippen molar-refractivity contribution < 1.29 is 28.6 Å². The van der Waals surface area contributed by atoms with Crippen molar-refractivity contribution in [1.29, 1.82) is 0 Å². The van der Waals surface area contributed by atoms with Crippen molar-refractivity contribution in [2.45, 2.75) is 25.1 Å². The van der Waals surface area contributed by atoms with Crippen LogP contribution in [-0.4, -0.2) is 56.8 Å². The van der Waals surface area contributed by atoms with Gasteiger partial charge in [-0.15, -0.1) is 0 Å². The molecule has 0 spiro atoms. The summed E-state index contributed by atoms with van der Waals surface area (Å²) in [5, 5.41) is 14.6. The van der Waals surface area contributed by atoms with Crippen LogP contribution in [0.5, 0.6) is 5.88 Å². The van der Waals surface area contributed by atoms with Crippen molar-refractivity contribution in [3.63, 3.8) is 0 Å². The monoisotopic (exact) mass is 590 g/mol. The second kappa shape index (κ2) is 10.6. The lowest BCUT2D eigenvalue weighted by Crippen LogP contribution is -2.48. The van der Waals surface area contributed by atoms with E-state index in [0.717, 1.165) is 18.9 Å². The minimum absolute atomic E-state index is 0.00455. The summed E-state index contributed by atoms with van der Waals surface area (Å²) in [5.41, 5.74) is -0.803. The molecule has 1 aliphatic heterocycles. The van der Waals surface area contributed by atoms with Gasteiger partial charge in [0.25, 0.3) is 5.91 Å². The van der Waals surface area contributed by atoms with Crippen molar-refractivity contribution in [3.8, 4) is 5.88 Å². The Bertz CT molecular complexity index is 1670. The number of fused-ring (bicyclic) bond motifs is 1. The van der Waals surface area contributed by atoms with E-state index in [2.05, 4.69) is 10.1 Å². The number of aromatic nitrogens is 3. The van der Waals surface area contributed by atoms with Gasteiger partial charge in [0.1, 0.15) is 5.82 Å². The van der Waals surface area contributed by atoms with Crippen molar-refractivity contribution >= 4 is 23.3 Å². The Kier molecular flexibility index (Phi) is 7.08. The normalized spacial score (nSPS) is 18.7. The van der Waals surface area contributed by atoms with Crippen LogP contribution in [0, 0.1) is 11.2 Å². The molecule has 1 amide bonds. The Balaban J connectivity index is 1.53. The van der Waals surface area contributed by atoms with Crippen molar-refractivity contribution in [3.05, 3.63) is 111 Å². The van der Waals surface area contributed by atoms with Gasteiger partial charge in [0, 0.05) is 47.1 Å². The van der Waals surface area contributed by atoms with E-state index in [9.17, 15) is 14.7 Å². The van der Waals surface area contributed by atoms with E-state index in [4.69, 9.17) is 21.1 Å². The number of pyridine rings is 1. The number of ketones is 1. The third-order valence-corrected chi connectivity index (χ3v) is 8.23. The molecule has 3 heterocycles. The molecule has 0 bridgehead atoms. The summed E-state index contributed by atoms with van der Waals surface area (Å²) in [4.78, 5) is 33.3. The number of carbonyl (C=O) groups excluding carboxylic acids is 2. The van der Waals surface area contributed by atoms with Crippen LogP contribution in [0.4, 0.5) is 4.39 Å². The molecule has 9 nitrogen and oxygen atoms in total. The summed E-state index contributed by atoms with van der Waals surface area (Å²) in [6.45, 7) is -0.0233. The molecule has 6 rings (SSSR count). The largest absolute Gasteiger partial charge is 0.481 e. The Labute approximate surface area is 246 Å². The summed E-state index contributed by atoms with van der Waals surface area (Å²) in [6, 6.07) is 12.7. The molecular weight excluding hydrogens is 563 g/mol. The molecule has 1 aliphatic carbocycles. The fraction of sp³-hybridized carbons (Fsp3) is 0.290. The zero-order valence-electron chi connectivity index (χ0n) is 23.0. The van der Waals surface area contributed by atoms with Crippen molar-refractivity contribution in [1.82, 2.24) is 19.7 Å². The zero-order chi connectivity index (χ0) is 29.6. The molecule has 2 aliphatic rings. The van der Waals surface area contributed by atoms with E-state index in [1.54, 1.807) is 49.6 Å². The average Bonchev–Trinajstić information content (AvgIpc) is 3.59. The summed E-state index contributed by atoms with van der Waals surface area (Å²) in [6.07, 6.45) is 5.98. The molecule has 2 aromatic heterocycles. The Hall–Kier alpha value is -4.12. The predicted octanol–water partition coefficient (Wildman–Crippen LogP) is 4.49. The summed E-state index contributed by atoms with van der Waals surface area (Å²) < 4.78 is 29.8. The average molecular weight is 591 g/mol. The van der Waals surface area contributed by atoms with Crippen LogP contribution in [0.25, 0.3) is 0 Å². The first-order valence-corrected chi connectivity index (χ1v) is 13.8. The summed E-state index contributed by atoms with van der Waals surface area (Å²) >= 11 is 6.22. The topological polar surface area (TPSA) is 107 Å². The van der Waals surface area contributed by atoms with Crippen molar-refractivity contribution in [2.75, 3.05) is 20.3 Å². The van der Waals surface area contributed by atoms with Gasteiger partial charge in [0.05, 0.1) is 49.8 Å². The third-order valence-electron chi connectivity index (χ3n) is 7.98. The van der Waals surface area contributed by atoms with Gasteiger partial charge in [-0.2, -0.15) is 5.10 Å². The molecule has 0 saturated heterocycles. The number of amides is 1. The first-order valence-electron chi connectivity index (χ1n) is 13.4. The van der Waals surface area contributed by atoms with E-state index in [1.165, 1.54) is 35.2 Å². The number of hydrogen-bond acceptors (Lipinski definition) is 7. The Morgan fingerprint density at radius 1 is 1.12 bits per heavy atom. The Morgan fingerprint density at radius 2 is 1.88 bits per heavy atom. The van der Waals surface area contributed by atoms with Crippen LogP contribution in [0.15, 0.2) is 67.1 Å². The predicted molar refractivity (Wildman–Crippen MR) is 151 cm³/mol. The molecule has 4 aromatic rings. The van der Waals surface area contributed by atoms with Crippen LogP contribution >= 0.6 is 11.6 Å². The van der Waals surface area contributed by atoms with Crippen LogP contribution in [0.3, 0.4) is 0 Å². The molecule has 1 fully saturated rings. The lowest BCUT2D eigenvalue weighted by molar-refractivity contribution is -0.130. The molecule has 1 saturated carbocycles. The first kappa shape index (κ1) is 28.0. The van der Waals surface area contributed by atoms with Gasteiger partial charge in [-0.25, -0.2) is 9.37 Å². The maximum absolute atomic E-state index is 16.5. The van der Waals surface area contributed by atoms with E-state index in [1.807, 2.05) is 0 Å². The molecule has 1 N–H and O–H groups in total. The van der Waals surface area contributed by atoms with Gasteiger partial charge in [0.2, 0.25) is 5.88 Å². The minimum Gasteiger partial charge on any atom is -0.481 e. The third kappa shape index (κ3) is 4.75. The standard InChI is InChI=1S/C31H28ClFN4O5/c1-36-16-21(14-35-36)28(39)20-11-24-27(25(33)12-20)31(22-4-6-23(32)7-5-22,42-18-30(17-38)9-10-30)37(29(24)40)15-19-3-8-26(41-2)34-13-19/h3-8,11-14,16,38H,9-10,15,17-18H2,1-2H3. The van der Waals surface area contributed by atoms with E-state index in [-0.39, 0.29) is 42.0 Å². The molecule has 1 unspecified atom stereocenters. The summed E-state index contributed by atoms with van der Waals surface area (Å²) in [7, 11) is 3.18. The number of aliphatic hydroxyl groups excluding tert-OH is 1. The quantitative estimate of drug-likeness (QED) is 0.271. The molecule has 0 radical (unpaired) electrons.